The predicted octanol–water partition coefficient (Wildman–Crippen LogP) is 4.02. The van der Waals surface area contributed by atoms with E-state index in [0.29, 0.717) is 25.2 Å². The Morgan fingerprint density at radius 1 is 1.21 bits per heavy atom. The molecule has 1 aromatic heterocycles. The summed E-state index contributed by atoms with van der Waals surface area (Å²) >= 11 is 6.21. The van der Waals surface area contributed by atoms with Crippen LogP contribution in [0.15, 0.2) is 18.2 Å². The molecule has 1 aliphatic heterocycles. The second-order valence-electron chi connectivity index (χ2n) is 7.56. The summed E-state index contributed by atoms with van der Waals surface area (Å²) in [5.74, 6) is 2.45. The van der Waals surface area contributed by atoms with E-state index in [1.54, 1.807) is 7.11 Å². The molecule has 2 aromatic rings. The molecule has 0 amide bonds. The molecule has 28 heavy (non-hydrogen) atoms. The number of ether oxygens (including phenoxy) is 2. The summed E-state index contributed by atoms with van der Waals surface area (Å²) < 4.78 is 13.5. The molecule has 1 unspecified atom stereocenters. The van der Waals surface area contributed by atoms with E-state index in [2.05, 4.69) is 33.1 Å². The van der Waals surface area contributed by atoms with Crippen LogP contribution in [0, 0.1) is 0 Å². The zero-order chi connectivity index (χ0) is 18.8. The lowest BCUT2D eigenvalue weighted by atomic mass is 9.86. The van der Waals surface area contributed by atoms with E-state index in [9.17, 15) is 0 Å². The van der Waals surface area contributed by atoms with Crippen molar-refractivity contribution in [1.29, 1.82) is 0 Å². The van der Waals surface area contributed by atoms with Crippen LogP contribution >= 0.6 is 24.0 Å². The van der Waals surface area contributed by atoms with Gasteiger partial charge in [-0.05, 0) is 56.4 Å². The molecule has 8 heteroatoms. The van der Waals surface area contributed by atoms with Crippen LogP contribution in [0.3, 0.4) is 0 Å². The lowest BCUT2D eigenvalue weighted by Crippen LogP contribution is -2.28. The number of benzene rings is 1. The molecular weight excluding hydrogens is 399 g/mol. The van der Waals surface area contributed by atoms with Crippen molar-refractivity contribution < 1.29 is 9.47 Å². The average Bonchev–Trinajstić information content (AvgIpc) is 2.98. The first-order chi connectivity index (χ1) is 13.2. The predicted molar refractivity (Wildman–Crippen MR) is 112 cm³/mol. The van der Waals surface area contributed by atoms with Crippen molar-refractivity contribution in [2.45, 2.75) is 63.8 Å². The summed E-state index contributed by atoms with van der Waals surface area (Å²) in [5, 5.41) is 13.2. The fraction of sp³-hybridized carbons (Fsp3) is 0.600. The van der Waals surface area contributed by atoms with Crippen molar-refractivity contribution in [2.24, 2.45) is 0 Å². The monoisotopic (exact) mass is 426 g/mol. The first-order valence-electron chi connectivity index (χ1n) is 9.73. The van der Waals surface area contributed by atoms with Gasteiger partial charge in [-0.3, -0.25) is 4.57 Å². The van der Waals surface area contributed by atoms with E-state index in [4.69, 9.17) is 21.1 Å². The van der Waals surface area contributed by atoms with Gasteiger partial charge in [-0.15, -0.1) is 22.6 Å². The zero-order valence-electron chi connectivity index (χ0n) is 16.4. The maximum absolute atomic E-state index is 6.21. The molecule has 1 atom stereocenters. The lowest BCUT2D eigenvalue weighted by Gasteiger charge is -2.30. The van der Waals surface area contributed by atoms with Gasteiger partial charge in [-0.2, -0.15) is 0 Å². The quantitative estimate of drug-likeness (QED) is 0.781. The highest BCUT2D eigenvalue weighted by molar-refractivity contribution is 6.30. The normalized spacial score (nSPS) is 22.5. The van der Waals surface area contributed by atoms with Gasteiger partial charge in [-0.25, -0.2) is 0 Å². The third-order valence-corrected chi connectivity index (χ3v) is 5.74. The third kappa shape index (κ3) is 4.52. The maximum atomic E-state index is 6.21. The first-order valence-corrected chi connectivity index (χ1v) is 10.1. The van der Waals surface area contributed by atoms with Gasteiger partial charge in [0.05, 0.1) is 31.0 Å². The van der Waals surface area contributed by atoms with Crippen molar-refractivity contribution in [1.82, 2.24) is 20.1 Å². The van der Waals surface area contributed by atoms with Gasteiger partial charge in [0, 0.05) is 24.6 Å². The second kappa shape index (κ2) is 9.55. The van der Waals surface area contributed by atoms with E-state index < -0.39 is 0 Å². The van der Waals surface area contributed by atoms with Crippen LogP contribution in [0.25, 0.3) is 5.69 Å². The molecular formula is C20H28Cl2N4O2. The highest BCUT2D eigenvalue weighted by Crippen LogP contribution is 2.36. The molecule has 1 aromatic carbocycles. The molecule has 0 radical (unpaired) electrons. The molecule has 0 spiro atoms. The molecule has 1 fully saturated rings. The number of nitrogens with zero attached hydrogens (tertiary/aromatic N) is 3. The highest BCUT2D eigenvalue weighted by Gasteiger charge is 2.30. The molecule has 154 valence electrons. The summed E-state index contributed by atoms with van der Waals surface area (Å²) in [6.07, 6.45) is 4.69. The summed E-state index contributed by atoms with van der Waals surface area (Å²) in [5.41, 5.74) is 2.33. The smallest absolute Gasteiger partial charge is 0.151 e. The molecule has 0 saturated heterocycles. The number of hydrogen-bond acceptors (Lipinski definition) is 5. The average molecular weight is 427 g/mol. The molecule has 4 rings (SSSR count). The molecule has 1 aliphatic carbocycles. The van der Waals surface area contributed by atoms with Crippen LogP contribution in [-0.2, 0) is 22.6 Å². The summed E-state index contributed by atoms with van der Waals surface area (Å²) in [6, 6.07) is 6.06. The summed E-state index contributed by atoms with van der Waals surface area (Å²) in [7, 11) is 1.72. The van der Waals surface area contributed by atoms with E-state index >= 15 is 0 Å². The van der Waals surface area contributed by atoms with Gasteiger partial charge in [0.1, 0.15) is 5.82 Å². The molecule has 1 N–H and O–H groups in total. The molecule has 0 bridgehead atoms. The Kier molecular flexibility index (Phi) is 7.34. The minimum Gasteiger partial charge on any atom is -0.382 e. The minimum atomic E-state index is 0. The first kappa shape index (κ1) is 21.5. The Bertz CT molecular complexity index is 791. The van der Waals surface area contributed by atoms with Gasteiger partial charge < -0.3 is 14.8 Å². The fourth-order valence-corrected chi connectivity index (χ4v) is 4.45. The lowest BCUT2D eigenvalue weighted by molar-refractivity contribution is -0.0538. The van der Waals surface area contributed by atoms with Crippen molar-refractivity contribution in [3.63, 3.8) is 0 Å². The number of halogens is 2. The molecule has 6 nitrogen and oxygen atoms in total. The van der Waals surface area contributed by atoms with Gasteiger partial charge in [0.15, 0.2) is 5.82 Å². The minimum absolute atomic E-state index is 0. The van der Waals surface area contributed by atoms with Crippen molar-refractivity contribution in [3.8, 4) is 5.69 Å². The van der Waals surface area contributed by atoms with Gasteiger partial charge >= 0.3 is 0 Å². The van der Waals surface area contributed by atoms with E-state index in [1.165, 1.54) is 5.56 Å². The molecule has 2 heterocycles. The van der Waals surface area contributed by atoms with Crippen LogP contribution < -0.4 is 5.32 Å². The van der Waals surface area contributed by atoms with Gasteiger partial charge in [0.2, 0.25) is 0 Å². The van der Waals surface area contributed by atoms with Crippen LogP contribution in [-0.4, -0.2) is 40.7 Å². The Labute approximate surface area is 177 Å². The highest BCUT2D eigenvalue weighted by atomic mass is 35.5. The molecule has 2 aliphatic rings. The maximum Gasteiger partial charge on any atom is 0.151 e. The van der Waals surface area contributed by atoms with E-state index in [0.717, 1.165) is 54.6 Å². The summed E-state index contributed by atoms with van der Waals surface area (Å²) in [4.78, 5) is 0. The van der Waals surface area contributed by atoms with E-state index in [1.807, 2.05) is 12.1 Å². The number of fused-ring (bicyclic) bond motifs is 3. The zero-order valence-corrected chi connectivity index (χ0v) is 17.9. The molecule has 1 saturated carbocycles. The number of hydrogen-bond donors (Lipinski definition) is 1. The van der Waals surface area contributed by atoms with Gasteiger partial charge in [-0.1, -0.05) is 11.6 Å². The van der Waals surface area contributed by atoms with Crippen molar-refractivity contribution in [3.05, 3.63) is 40.4 Å². The SMILES string of the molecule is COCC(C)O[C@H]1CC[C@H](c2nnc3n2-c2ccc(Cl)cc2CNC3)CC1.Cl. The van der Waals surface area contributed by atoms with Crippen LogP contribution in [0.1, 0.15) is 55.7 Å². The Morgan fingerprint density at radius 3 is 2.75 bits per heavy atom. The van der Waals surface area contributed by atoms with Crippen molar-refractivity contribution >= 4 is 24.0 Å². The van der Waals surface area contributed by atoms with Gasteiger partial charge in [0.25, 0.3) is 0 Å². The summed E-state index contributed by atoms with van der Waals surface area (Å²) in [6.45, 7) is 4.22. The Balaban J connectivity index is 0.00000225. The topological polar surface area (TPSA) is 61.2 Å². The number of rotatable bonds is 5. The second-order valence-corrected chi connectivity index (χ2v) is 8.00. The van der Waals surface area contributed by atoms with Crippen LogP contribution in [0.4, 0.5) is 0 Å². The Hall–Kier alpha value is -1.18. The van der Waals surface area contributed by atoms with Crippen LogP contribution in [0.2, 0.25) is 5.02 Å². The van der Waals surface area contributed by atoms with E-state index in [-0.39, 0.29) is 18.5 Å². The fourth-order valence-electron chi connectivity index (χ4n) is 4.25. The van der Waals surface area contributed by atoms with Crippen molar-refractivity contribution in [2.75, 3.05) is 13.7 Å². The Morgan fingerprint density at radius 2 is 2.00 bits per heavy atom. The third-order valence-electron chi connectivity index (χ3n) is 5.50. The van der Waals surface area contributed by atoms with Crippen LogP contribution in [0.5, 0.6) is 0 Å². The largest absolute Gasteiger partial charge is 0.382 e. The standard InChI is InChI=1S/C20H27ClN4O2.ClH/c1-13(12-26-2)27-17-6-3-14(4-7-17)20-24-23-19-11-22-10-15-9-16(21)5-8-18(15)25(19)20;/h5,8-9,13-14,17,22H,3-4,6-7,10-12H2,1-2H3;1H/t13?,14-,17-;. The number of methoxy groups -OCH3 is 1. The number of nitrogens with one attached hydrogen (secondary N) is 1. The number of aromatic nitrogens is 3.